The minimum Gasteiger partial charge on any atom is -0.342 e. The number of ketones is 1. The van der Waals surface area contributed by atoms with E-state index >= 15 is 0 Å². The van der Waals surface area contributed by atoms with Crippen LogP contribution < -0.4 is 5.32 Å². The van der Waals surface area contributed by atoms with E-state index in [1.165, 1.54) is 0 Å². The van der Waals surface area contributed by atoms with E-state index < -0.39 is 5.54 Å². The summed E-state index contributed by atoms with van der Waals surface area (Å²) in [5.41, 5.74) is 0.488. The van der Waals surface area contributed by atoms with Gasteiger partial charge in [0.25, 0.3) is 0 Å². The number of carbonyl (C=O) groups is 2. The minimum atomic E-state index is -0.451. The molecule has 1 amide bonds. The Kier molecular flexibility index (Phi) is 3.05. The van der Waals surface area contributed by atoms with Crippen molar-refractivity contribution in [1.82, 2.24) is 10.2 Å². The molecule has 4 nitrogen and oxygen atoms in total. The van der Waals surface area contributed by atoms with Gasteiger partial charge in [-0.25, -0.2) is 0 Å². The fourth-order valence-electron chi connectivity index (χ4n) is 2.84. The van der Waals surface area contributed by atoms with Crippen LogP contribution in [0.2, 0.25) is 0 Å². The minimum absolute atomic E-state index is 0.0966. The number of hydrogen-bond donors (Lipinski definition) is 1. The van der Waals surface area contributed by atoms with Crippen LogP contribution in [-0.2, 0) is 9.59 Å². The standard InChI is InChI=1S/C14H20N2O2/c1-9(2)7-13(18)15-12-8-11(17)14(4)6-5-10(3)16(12)14/h7-8,10H,5-6H2,1-4H3,(H,15,18)/t10-,14-/m0/s1. The molecule has 18 heavy (non-hydrogen) atoms. The highest BCUT2D eigenvalue weighted by atomic mass is 16.2. The third-order valence-corrected chi connectivity index (χ3v) is 3.75. The van der Waals surface area contributed by atoms with Crippen LogP contribution in [0.25, 0.3) is 0 Å². The van der Waals surface area contributed by atoms with Gasteiger partial charge < -0.3 is 10.2 Å². The molecular formula is C14H20N2O2. The molecule has 0 bridgehead atoms. The number of rotatable bonds is 2. The molecule has 0 radical (unpaired) electrons. The fraction of sp³-hybridized carbons (Fsp3) is 0.571. The van der Waals surface area contributed by atoms with Gasteiger partial charge in [0, 0.05) is 18.2 Å². The van der Waals surface area contributed by atoms with Crippen molar-refractivity contribution in [3.63, 3.8) is 0 Å². The molecule has 4 heteroatoms. The molecule has 2 heterocycles. The summed E-state index contributed by atoms with van der Waals surface area (Å²) in [6, 6.07) is 0.291. The Labute approximate surface area is 108 Å². The molecule has 0 aromatic carbocycles. The maximum absolute atomic E-state index is 12.1. The van der Waals surface area contributed by atoms with Crippen molar-refractivity contribution < 1.29 is 9.59 Å². The van der Waals surface area contributed by atoms with Crippen molar-refractivity contribution >= 4 is 11.7 Å². The lowest BCUT2D eigenvalue weighted by Gasteiger charge is -2.33. The van der Waals surface area contributed by atoms with Crippen molar-refractivity contribution in [3.05, 3.63) is 23.5 Å². The third-order valence-electron chi connectivity index (χ3n) is 3.75. The number of fused-ring (bicyclic) bond motifs is 1. The molecule has 0 aliphatic carbocycles. The van der Waals surface area contributed by atoms with Crippen molar-refractivity contribution in [1.29, 1.82) is 0 Å². The van der Waals surface area contributed by atoms with Crippen molar-refractivity contribution in [2.24, 2.45) is 0 Å². The molecule has 2 aliphatic rings. The van der Waals surface area contributed by atoms with Crippen LogP contribution in [-0.4, -0.2) is 28.2 Å². The van der Waals surface area contributed by atoms with E-state index in [1.807, 2.05) is 25.7 Å². The second kappa shape index (κ2) is 4.26. The predicted octanol–water partition coefficient (Wildman–Crippen LogP) is 1.74. The molecule has 0 aromatic rings. The Hall–Kier alpha value is -1.58. The van der Waals surface area contributed by atoms with E-state index in [1.54, 1.807) is 12.2 Å². The highest BCUT2D eigenvalue weighted by Gasteiger charge is 2.50. The number of hydrogen-bond acceptors (Lipinski definition) is 3. The molecule has 1 N–H and O–H groups in total. The second-order valence-electron chi connectivity index (χ2n) is 5.64. The molecule has 2 aliphatic heterocycles. The first-order valence-electron chi connectivity index (χ1n) is 6.36. The quantitative estimate of drug-likeness (QED) is 0.757. The third kappa shape index (κ3) is 1.96. The predicted molar refractivity (Wildman–Crippen MR) is 69.6 cm³/mol. The first-order chi connectivity index (χ1) is 8.34. The lowest BCUT2D eigenvalue weighted by Crippen LogP contribution is -2.46. The second-order valence-corrected chi connectivity index (χ2v) is 5.64. The van der Waals surface area contributed by atoms with Gasteiger partial charge in [-0.1, -0.05) is 5.57 Å². The Morgan fingerprint density at radius 1 is 1.56 bits per heavy atom. The molecule has 1 fully saturated rings. The van der Waals surface area contributed by atoms with Gasteiger partial charge in [-0.2, -0.15) is 0 Å². The molecule has 2 atom stereocenters. The van der Waals surface area contributed by atoms with E-state index in [-0.39, 0.29) is 11.7 Å². The smallest absolute Gasteiger partial charge is 0.249 e. The molecule has 2 rings (SSSR count). The van der Waals surface area contributed by atoms with Crippen LogP contribution >= 0.6 is 0 Å². The van der Waals surface area contributed by atoms with Crippen LogP contribution in [0.15, 0.2) is 23.5 Å². The van der Waals surface area contributed by atoms with Crippen LogP contribution in [0.1, 0.15) is 40.5 Å². The number of carbonyl (C=O) groups excluding carboxylic acids is 2. The maximum Gasteiger partial charge on any atom is 0.249 e. The summed E-state index contributed by atoms with van der Waals surface area (Å²) in [5.74, 6) is 0.576. The lowest BCUT2D eigenvalue weighted by atomic mass is 9.96. The summed E-state index contributed by atoms with van der Waals surface area (Å²) in [6.07, 6.45) is 4.94. The SMILES string of the molecule is CC(C)=CC(=O)NC1=CC(=O)[C@]2(C)CC[C@H](C)N12. The molecule has 1 saturated heterocycles. The Balaban J connectivity index is 2.20. The monoisotopic (exact) mass is 248 g/mol. The normalized spacial score (nSPS) is 30.0. The highest BCUT2D eigenvalue weighted by molar-refractivity contribution is 6.02. The van der Waals surface area contributed by atoms with Crippen LogP contribution in [0.5, 0.6) is 0 Å². The molecular weight excluding hydrogens is 228 g/mol. The van der Waals surface area contributed by atoms with E-state index in [0.717, 1.165) is 18.4 Å². The number of amides is 1. The van der Waals surface area contributed by atoms with Gasteiger partial charge >= 0.3 is 0 Å². The summed E-state index contributed by atoms with van der Waals surface area (Å²) in [7, 11) is 0. The van der Waals surface area contributed by atoms with Crippen molar-refractivity contribution in [2.45, 2.75) is 52.1 Å². The zero-order valence-electron chi connectivity index (χ0n) is 11.4. The van der Waals surface area contributed by atoms with Gasteiger partial charge in [-0.3, -0.25) is 9.59 Å². The zero-order valence-corrected chi connectivity index (χ0v) is 11.4. The van der Waals surface area contributed by atoms with Gasteiger partial charge in [0.15, 0.2) is 5.78 Å². The maximum atomic E-state index is 12.1. The van der Waals surface area contributed by atoms with E-state index in [2.05, 4.69) is 12.2 Å². The van der Waals surface area contributed by atoms with Crippen molar-refractivity contribution in [2.75, 3.05) is 0 Å². The summed E-state index contributed by atoms with van der Waals surface area (Å²) in [5, 5.41) is 2.82. The molecule has 0 aromatic heterocycles. The van der Waals surface area contributed by atoms with Crippen LogP contribution in [0.3, 0.4) is 0 Å². The largest absolute Gasteiger partial charge is 0.342 e. The summed E-state index contributed by atoms with van der Waals surface area (Å²) in [4.78, 5) is 25.8. The lowest BCUT2D eigenvalue weighted by molar-refractivity contribution is -0.122. The molecule has 0 spiro atoms. The van der Waals surface area contributed by atoms with E-state index in [9.17, 15) is 9.59 Å². The summed E-state index contributed by atoms with van der Waals surface area (Å²) >= 11 is 0. The van der Waals surface area contributed by atoms with Gasteiger partial charge in [0.05, 0.1) is 0 Å². The zero-order chi connectivity index (χ0) is 13.5. The summed E-state index contributed by atoms with van der Waals surface area (Å²) in [6.45, 7) is 7.78. The number of nitrogens with zero attached hydrogens (tertiary/aromatic N) is 1. The molecule has 0 unspecified atom stereocenters. The van der Waals surface area contributed by atoms with Gasteiger partial charge in [0.1, 0.15) is 11.4 Å². The van der Waals surface area contributed by atoms with Crippen molar-refractivity contribution in [3.8, 4) is 0 Å². The average Bonchev–Trinajstić information content (AvgIpc) is 2.65. The first-order valence-corrected chi connectivity index (χ1v) is 6.36. The number of nitrogens with one attached hydrogen (secondary N) is 1. The fourth-order valence-corrected chi connectivity index (χ4v) is 2.84. The van der Waals surface area contributed by atoms with Gasteiger partial charge in [0.2, 0.25) is 5.91 Å². The van der Waals surface area contributed by atoms with Crippen LogP contribution in [0, 0.1) is 0 Å². The Morgan fingerprint density at radius 2 is 2.22 bits per heavy atom. The van der Waals surface area contributed by atoms with Crippen LogP contribution in [0.4, 0.5) is 0 Å². The Bertz CT molecular complexity index is 460. The molecule has 98 valence electrons. The van der Waals surface area contributed by atoms with E-state index in [4.69, 9.17) is 0 Å². The first kappa shape index (κ1) is 12.9. The van der Waals surface area contributed by atoms with E-state index in [0.29, 0.717) is 11.9 Å². The Morgan fingerprint density at radius 3 is 2.83 bits per heavy atom. The highest BCUT2D eigenvalue weighted by Crippen LogP contribution is 2.41. The van der Waals surface area contributed by atoms with Gasteiger partial charge in [-0.05, 0) is 40.5 Å². The molecule has 0 saturated carbocycles. The average molecular weight is 248 g/mol. The summed E-state index contributed by atoms with van der Waals surface area (Å²) < 4.78 is 0. The number of allylic oxidation sites excluding steroid dienone is 1. The van der Waals surface area contributed by atoms with Gasteiger partial charge in [-0.15, -0.1) is 0 Å². The topological polar surface area (TPSA) is 49.4 Å².